The molecule has 0 spiro atoms. The van der Waals surface area contributed by atoms with Crippen LogP contribution in [0.25, 0.3) is 0 Å². The Hall–Kier alpha value is -0.900. The molecule has 0 radical (unpaired) electrons. The van der Waals surface area contributed by atoms with Gasteiger partial charge in [-0.15, -0.1) is 0 Å². The molecule has 90 valence electrons. The maximum atomic E-state index is 4.71. The number of hydrogen-bond donors (Lipinski definition) is 1. The minimum absolute atomic E-state index is 0.504. The summed E-state index contributed by atoms with van der Waals surface area (Å²) in [7, 11) is 0. The second-order valence-corrected chi connectivity index (χ2v) is 5.72. The Morgan fingerprint density at radius 3 is 3.00 bits per heavy atom. The average molecular weight is 223 g/mol. The highest BCUT2D eigenvalue weighted by atomic mass is 16.5. The number of hydrogen-bond acceptors (Lipinski definition) is 4. The van der Waals surface area contributed by atoms with Gasteiger partial charge in [0.15, 0.2) is 5.82 Å². The summed E-state index contributed by atoms with van der Waals surface area (Å²) >= 11 is 0. The Bertz CT molecular complexity index is 321. The molecule has 1 fully saturated rings. The molecule has 0 amide bonds. The van der Waals surface area contributed by atoms with Crippen molar-refractivity contribution in [1.82, 2.24) is 15.5 Å². The lowest BCUT2D eigenvalue weighted by atomic mass is 9.70. The van der Waals surface area contributed by atoms with Crippen molar-refractivity contribution in [2.45, 2.75) is 52.6 Å². The summed E-state index contributed by atoms with van der Waals surface area (Å²) in [5.74, 6) is 1.47. The molecule has 1 N–H and O–H groups in total. The molecule has 1 aliphatic carbocycles. The van der Waals surface area contributed by atoms with Gasteiger partial charge in [-0.2, -0.15) is 4.98 Å². The molecule has 0 aliphatic heterocycles. The zero-order valence-corrected chi connectivity index (χ0v) is 10.4. The first-order chi connectivity index (χ1) is 7.57. The van der Waals surface area contributed by atoms with Crippen LogP contribution in [0.2, 0.25) is 0 Å². The first-order valence-corrected chi connectivity index (χ1v) is 6.05. The van der Waals surface area contributed by atoms with Gasteiger partial charge in [0.1, 0.15) is 0 Å². The SMILES string of the molecule is CC1CC(C)(C)CCC1NCc1ncon1. The van der Waals surface area contributed by atoms with Crippen molar-refractivity contribution in [2.24, 2.45) is 11.3 Å². The summed E-state index contributed by atoms with van der Waals surface area (Å²) in [5.41, 5.74) is 0.504. The van der Waals surface area contributed by atoms with Gasteiger partial charge in [0, 0.05) is 6.04 Å². The zero-order valence-electron chi connectivity index (χ0n) is 10.4. The van der Waals surface area contributed by atoms with E-state index in [4.69, 9.17) is 4.52 Å². The molecule has 1 aromatic rings. The Balaban J connectivity index is 1.83. The van der Waals surface area contributed by atoms with Gasteiger partial charge >= 0.3 is 0 Å². The van der Waals surface area contributed by atoms with Gasteiger partial charge in [-0.05, 0) is 30.6 Å². The standard InChI is InChI=1S/C12H21N3O/c1-9-6-12(2,3)5-4-10(9)13-7-11-14-8-16-15-11/h8-10,13H,4-7H2,1-3H3. The van der Waals surface area contributed by atoms with Crippen molar-refractivity contribution in [3.63, 3.8) is 0 Å². The van der Waals surface area contributed by atoms with Crippen molar-refractivity contribution < 1.29 is 4.52 Å². The fourth-order valence-electron chi connectivity index (χ4n) is 2.74. The molecule has 1 saturated carbocycles. The monoisotopic (exact) mass is 223 g/mol. The van der Waals surface area contributed by atoms with Crippen LogP contribution in [-0.4, -0.2) is 16.2 Å². The van der Waals surface area contributed by atoms with Gasteiger partial charge in [-0.3, -0.25) is 0 Å². The maximum Gasteiger partial charge on any atom is 0.213 e. The second-order valence-electron chi connectivity index (χ2n) is 5.72. The Morgan fingerprint density at radius 1 is 1.56 bits per heavy atom. The fourth-order valence-corrected chi connectivity index (χ4v) is 2.74. The third kappa shape index (κ3) is 2.82. The molecule has 1 aliphatic rings. The molecule has 0 aromatic carbocycles. The number of nitrogens with one attached hydrogen (secondary N) is 1. The number of aromatic nitrogens is 2. The first-order valence-electron chi connectivity index (χ1n) is 6.05. The van der Waals surface area contributed by atoms with Gasteiger partial charge in [-0.1, -0.05) is 25.9 Å². The molecule has 4 nitrogen and oxygen atoms in total. The van der Waals surface area contributed by atoms with E-state index in [9.17, 15) is 0 Å². The smallest absolute Gasteiger partial charge is 0.213 e. The quantitative estimate of drug-likeness (QED) is 0.854. The van der Waals surface area contributed by atoms with Gasteiger partial charge in [0.2, 0.25) is 6.39 Å². The maximum absolute atomic E-state index is 4.71. The predicted molar refractivity (Wildman–Crippen MR) is 61.7 cm³/mol. The lowest BCUT2D eigenvalue weighted by molar-refractivity contribution is 0.147. The highest BCUT2D eigenvalue weighted by molar-refractivity contribution is 4.88. The van der Waals surface area contributed by atoms with Crippen LogP contribution in [-0.2, 0) is 6.54 Å². The van der Waals surface area contributed by atoms with Crippen molar-refractivity contribution in [2.75, 3.05) is 0 Å². The molecule has 0 bridgehead atoms. The normalized spacial score (nSPS) is 29.2. The van der Waals surface area contributed by atoms with E-state index in [2.05, 4.69) is 36.2 Å². The third-order valence-corrected chi connectivity index (χ3v) is 3.62. The van der Waals surface area contributed by atoms with E-state index in [0.717, 1.165) is 11.7 Å². The first kappa shape index (κ1) is 11.6. The third-order valence-electron chi connectivity index (χ3n) is 3.62. The molecule has 0 saturated heterocycles. The van der Waals surface area contributed by atoms with E-state index in [1.165, 1.54) is 25.7 Å². The van der Waals surface area contributed by atoms with Crippen LogP contribution in [0, 0.1) is 11.3 Å². The molecule has 2 rings (SSSR count). The van der Waals surface area contributed by atoms with Crippen LogP contribution in [0.4, 0.5) is 0 Å². The summed E-state index contributed by atoms with van der Waals surface area (Å²) < 4.78 is 4.71. The van der Waals surface area contributed by atoms with E-state index in [0.29, 0.717) is 18.0 Å². The lowest BCUT2D eigenvalue weighted by Gasteiger charge is -2.39. The highest BCUT2D eigenvalue weighted by Crippen LogP contribution is 2.38. The molecule has 2 atom stereocenters. The van der Waals surface area contributed by atoms with Crippen molar-refractivity contribution in [3.05, 3.63) is 12.2 Å². The number of nitrogens with zero attached hydrogens (tertiary/aromatic N) is 2. The van der Waals surface area contributed by atoms with E-state index in [1.807, 2.05) is 0 Å². The average Bonchev–Trinajstić information content (AvgIpc) is 2.68. The van der Waals surface area contributed by atoms with E-state index in [1.54, 1.807) is 0 Å². The van der Waals surface area contributed by atoms with Crippen molar-refractivity contribution >= 4 is 0 Å². The molecular weight excluding hydrogens is 202 g/mol. The largest absolute Gasteiger partial charge is 0.343 e. The minimum Gasteiger partial charge on any atom is -0.343 e. The molecule has 2 unspecified atom stereocenters. The Kier molecular flexibility index (Phi) is 3.28. The summed E-state index contributed by atoms with van der Waals surface area (Å²) in [5, 5.41) is 7.33. The van der Waals surface area contributed by atoms with Crippen LogP contribution in [0.5, 0.6) is 0 Å². The van der Waals surface area contributed by atoms with Crippen molar-refractivity contribution in [1.29, 1.82) is 0 Å². The van der Waals surface area contributed by atoms with Crippen LogP contribution >= 0.6 is 0 Å². The topological polar surface area (TPSA) is 51.0 Å². The van der Waals surface area contributed by atoms with Crippen LogP contribution in [0.3, 0.4) is 0 Å². The van der Waals surface area contributed by atoms with Crippen molar-refractivity contribution in [3.8, 4) is 0 Å². The molecule has 1 aromatic heterocycles. The second kappa shape index (κ2) is 4.53. The van der Waals surface area contributed by atoms with Crippen LogP contribution in [0.1, 0.15) is 45.9 Å². The lowest BCUT2D eigenvalue weighted by Crippen LogP contribution is -2.41. The predicted octanol–water partition coefficient (Wildman–Crippen LogP) is 2.37. The van der Waals surface area contributed by atoms with Gasteiger partial charge in [0.05, 0.1) is 6.54 Å². The van der Waals surface area contributed by atoms with E-state index in [-0.39, 0.29) is 0 Å². The van der Waals surface area contributed by atoms with Gasteiger partial charge in [-0.25, -0.2) is 0 Å². The minimum atomic E-state index is 0.504. The van der Waals surface area contributed by atoms with E-state index < -0.39 is 0 Å². The summed E-state index contributed by atoms with van der Waals surface area (Å²) in [4.78, 5) is 4.01. The Labute approximate surface area is 96.8 Å². The number of rotatable bonds is 3. The Morgan fingerprint density at radius 2 is 2.38 bits per heavy atom. The molecule has 1 heterocycles. The van der Waals surface area contributed by atoms with E-state index >= 15 is 0 Å². The summed E-state index contributed by atoms with van der Waals surface area (Å²) in [6.07, 6.45) is 5.20. The zero-order chi connectivity index (χ0) is 11.6. The molecule has 4 heteroatoms. The molecule has 16 heavy (non-hydrogen) atoms. The highest BCUT2D eigenvalue weighted by Gasteiger charge is 2.31. The van der Waals surface area contributed by atoms with Gasteiger partial charge < -0.3 is 9.84 Å². The van der Waals surface area contributed by atoms with Crippen LogP contribution < -0.4 is 5.32 Å². The summed E-state index contributed by atoms with van der Waals surface area (Å²) in [6, 6.07) is 0.589. The fraction of sp³-hybridized carbons (Fsp3) is 0.833. The molecular formula is C12H21N3O. The summed E-state index contributed by atoms with van der Waals surface area (Å²) in [6.45, 7) is 7.76. The van der Waals surface area contributed by atoms with Gasteiger partial charge in [0.25, 0.3) is 0 Å². The van der Waals surface area contributed by atoms with Crippen LogP contribution in [0.15, 0.2) is 10.9 Å².